The lowest BCUT2D eigenvalue weighted by molar-refractivity contribution is 0.120. The molecule has 1 atom stereocenters. The van der Waals surface area contributed by atoms with Gasteiger partial charge in [-0.15, -0.1) is 0 Å². The average Bonchev–Trinajstić information content (AvgIpc) is 2.82. The van der Waals surface area contributed by atoms with Crippen molar-refractivity contribution in [2.75, 3.05) is 25.1 Å². The molecule has 0 amide bonds. The van der Waals surface area contributed by atoms with Gasteiger partial charge in [0.1, 0.15) is 5.75 Å². The highest BCUT2D eigenvalue weighted by Gasteiger charge is 2.15. The smallest absolute Gasteiger partial charge is 0.142 e. The molecule has 0 bridgehead atoms. The summed E-state index contributed by atoms with van der Waals surface area (Å²) >= 11 is 5.99. The summed E-state index contributed by atoms with van der Waals surface area (Å²) in [7, 11) is 0. The quantitative estimate of drug-likeness (QED) is 0.876. The van der Waals surface area contributed by atoms with E-state index < -0.39 is 0 Å². The van der Waals surface area contributed by atoms with Gasteiger partial charge in [0, 0.05) is 18.2 Å². The molecule has 1 saturated heterocycles. The molecule has 1 aromatic carbocycles. The van der Waals surface area contributed by atoms with Gasteiger partial charge in [-0.2, -0.15) is 0 Å². The van der Waals surface area contributed by atoms with Crippen molar-refractivity contribution < 1.29 is 9.47 Å². The Hall–Kier alpha value is -0.930. The van der Waals surface area contributed by atoms with E-state index in [1.54, 1.807) is 0 Å². The van der Waals surface area contributed by atoms with Gasteiger partial charge >= 0.3 is 0 Å². The third kappa shape index (κ3) is 3.51. The van der Waals surface area contributed by atoms with E-state index in [1.165, 1.54) is 0 Å². The molecule has 3 nitrogen and oxygen atoms in total. The molecule has 1 aliphatic rings. The van der Waals surface area contributed by atoms with Crippen LogP contribution in [0.2, 0.25) is 5.02 Å². The van der Waals surface area contributed by atoms with Crippen LogP contribution in [-0.2, 0) is 4.74 Å². The Morgan fingerprint density at radius 2 is 2.41 bits per heavy atom. The Balaban J connectivity index is 1.99. The first-order valence-electron chi connectivity index (χ1n) is 6.07. The molecule has 94 valence electrons. The largest absolute Gasteiger partial charge is 0.492 e. The molecule has 0 aliphatic carbocycles. The minimum absolute atomic E-state index is 0.309. The summed E-state index contributed by atoms with van der Waals surface area (Å²) in [6.07, 6.45) is 2.58. The molecular formula is C13H18ClNO2. The Morgan fingerprint density at radius 3 is 3.12 bits per heavy atom. The molecule has 4 heteroatoms. The van der Waals surface area contributed by atoms with Crippen LogP contribution < -0.4 is 10.1 Å². The number of rotatable bonds is 5. The maximum atomic E-state index is 5.99. The van der Waals surface area contributed by atoms with E-state index in [4.69, 9.17) is 21.1 Å². The third-order valence-corrected chi connectivity index (χ3v) is 3.02. The topological polar surface area (TPSA) is 30.5 Å². The van der Waals surface area contributed by atoms with Crippen LogP contribution in [0.25, 0.3) is 0 Å². The number of hydrogen-bond acceptors (Lipinski definition) is 3. The van der Waals surface area contributed by atoms with E-state index in [9.17, 15) is 0 Å². The van der Waals surface area contributed by atoms with Crippen LogP contribution >= 0.6 is 11.6 Å². The van der Waals surface area contributed by atoms with Crippen molar-refractivity contribution in [2.24, 2.45) is 0 Å². The highest BCUT2D eigenvalue weighted by Crippen LogP contribution is 2.28. The van der Waals surface area contributed by atoms with Gasteiger partial charge in [0.2, 0.25) is 0 Å². The van der Waals surface area contributed by atoms with Gasteiger partial charge in [-0.05, 0) is 38.0 Å². The summed E-state index contributed by atoms with van der Waals surface area (Å²) in [4.78, 5) is 0. The van der Waals surface area contributed by atoms with Crippen LogP contribution in [-0.4, -0.2) is 25.9 Å². The van der Waals surface area contributed by atoms with E-state index in [-0.39, 0.29) is 0 Å². The monoisotopic (exact) mass is 255 g/mol. The molecule has 1 aliphatic heterocycles. The van der Waals surface area contributed by atoms with Crippen LogP contribution in [0, 0.1) is 0 Å². The van der Waals surface area contributed by atoms with Crippen LogP contribution in [0.4, 0.5) is 5.69 Å². The highest BCUT2D eigenvalue weighted by molar-refractivity contribution is 6.30. The van der Waals surface area contributed by atoms with E-state index in [2.05, 4.69) is 5.32 Å². The SMILES string of the molecule is CCOc1ccc(Cl)cc1NCC1CCCO1. The lowest BCUT2D eigenvalue weighted by atomic mass is 10.2. The highest BCUT2D eigenvalue weighted by atomic mass is 35.5. The van der Waals surface area contributed by atoms with Crippen LogP contribution in [0.5, 0.6) is 5.75 Å². The van der Waals surface area contributed by atoms with Crippen molar-refractivity contribution in [2.45, 2.75) is 25.9 Å². The maximum absolute atomic E-state index is 5.99. The van der Waals surface area contributed by atoms with E-state index in [0.717, 1.165) is 37.4 Å². The molecule has 17 heavy (non-hydrogen) atoms. The Bertz CT molecular complexity index is 364. The lowest BCUT2D eigenvalue weighted by Crippen LogP contribution is -2.18. The van der Waals surface area contributed by atoms with Crippen LogP contribution in [0.15, 0.2) is 18.2 Å². The second kappa shape index (κ2) is 6.12. The molecule has 1 heterocycles. The van der Waals surface area contributed by atoms with Crippen molar-refractivity contribution in [3.05, 3.63) is 23.2 Å². The Morgan fingerprint density at radius 1 is 1.53 bits per heavy atom. The van der Waals surface area contributed by atoms with Gasteiger partial charge < -0.3 is 14.8 Å². The first-order chi connectivity index (χ1) is 8.29. The number of hydrogen-bond donors (Lipinski definition) is 1. The molecule has 1 N–H and O–H groups in total. The average molecular weight is 256 g/mol. The lowest BCUT2D eigenvalue weighted by Gasteiger charge is -2.15. The predicted octanol–water partition coefficient (Wildman–Crippen LogP) is 3.33. The standard InChI is InChI=1S/C13H18ClNO2/c1-2-16-13-6-5-10(14)8-12(13)15-9-11-4-3-7-17-11/h5-6,8,11,15H,2-4,7,9H2,1H3. The van der Waals surface area contributed by atoms with Crippen LogP contribution in [0.3, 0.4) is 0 Å². The zero-order valence-corrected chi connectivity index (χ0v) is 10.8. The summed E-state index contributed by atoms with van der Waals surface area (Å²) in [5, 5.41) is 4.06. The Kier molecular flexibility index (Phi) is 4.51. The zero-order chi connectivity index (χ0) is 12.1. The molecule has 1 fully saturated rings. The van der Waals surface area contributed by atoms with Gasteiger partial charge in [0.25, 0.3) is 0 Å². The zero-order valence-electron chi connectivity index (χ0n) is 10.0. The van der Waals surface area contributed by atoms with Gasteiger partial charge in [-0.3, -0.25) is 0 Å². The van der Waals surface area contributed by atoms with Crippen molar-refractivity contribution in [3.63, 3.8) is 0 Å². The molecule has 1 aromatic rings. The number of benzene rings is 1. The van der Waals surface area contributed by atoms with Crippen molar-refractivity contribution in [3.8, 4) is 5.75 Å². The second-order valence-electron chi connectivity index (χ2n) is 4.09. The van der Waals surface area contributed by atoms with E-state index in [0.29, 0.717) is 17.7 Å². The Labute approximate surface area is 107 Å². The van der Waals surface area contributed by atoms with Crippen LogP contribution in [0.1, 0.15) is 19.8 Å². The number of ether oxygens (including phenoxy) is 2. The summed E-state index contributed by atoms with van der Waals surface area (Å²) in [5.74, 6) is 0.842. The minimum atomic E-state index is 0.309. The van der Waals surface area contributed by atoms with Gasteiger partial charge in [0.05, 0.1) is 18.4 Å². The summed E-state index contributed by atoms with van der Waals surface area (Å²) < 4.78 is 11.1. The fourth-order valence-corrected chi connectivity index (χ4v) is 2.12. The molecular weight excluding hydrogens is 238 g/mol. The first-order valence-corrected chi connectivity index (χ1v) is 6.45. The molecule has 0 radical (unpaired) electrons. The van der Waals surface area contributed by atoms with Gasteiger partial charge in [0.15, 0.2) is 0 Å². The summed E-state index contributed by atoms with van der Waals surface area (Å²) in [6.45, 7) is 4.30. The third-order valence-electron chi connectivity index (χ3n) is 2.79. The van der Waals surface area contributed by atoms with Crippen molar-refractivity contribution >= 4 is 17.3 Å². The minimum Gasteiger partial charge on any atom is -0.492 e. The molecule has 1 unspecified atom stereocenters. The van der Waals surface area contributed by atoms with E-state index >= 15 is 0 Å². The van der Waals surface area contributed by atoms with Gasteiger partial charge in [-0.25, -0.2) is 0 Å². The fourth-order valence-electron chi connectivity index (χ4n) is 1.95. The number of nitrogens with one attached hydrogen (secondary N) is 1. The second-order valence-corrected chi connectivity index (χ2v) is 4.53. The van der Waals surface area contributed by atoms with E-state index in [1.807, 2.05) is 25.1 Å². The summed E-state index contributed by atoms with van der Waals surface area (Å²) in [6, 6.07) is 5.62. The summed E-state index contributed by atoms with van der Waals surface area (Å²) in [5.41, 5.74) is 0.940. The fraction of sp³-hybridized carbons (Fsp3) is 0.538. The van der Waals surface area contributed by atoms with Gasteiger partial charge in [-0.1, -0.05) is 11.6 Å². The molecule has 0 aromatic heterocycles. The molecule has 0 spiro atoms. The number of halogens is 1. The maximum Gasteiger partial charge on any atom is 0.142 e. The van der Waals surface area contributed by atoms with Crippen molar-refractivity contribution in [1.82, 2.24) is 0 Å². The molecule has 2 rings (SSSR count). The first kappa shape index (κ1) is 12.5. The molecule has 0 saturated carbocycles. The number of anilines is 1. The predicted molar refractivity (Wildman–Crippen MR) is 70.1 cm³/mol. The van der Waals surface area contributed by atoms with Crippen molar-refractivity contribution in [1.29, 1.82) is 0 Å². The normalized spacial score (nSPS) is 19.3.